The number of nitrogens with zero attached hydrogens (tertiary/aromatic N) is 4. The van der Waals surface area contributed by atoms with E-state index < -0.39 is 0 Å². The molecule has 1 aliphatic rings. The molecule has 1 aliphatic heterocycles. The third-order valence-corrected chi connectivity index (χ3v) is 4.81. The zero-order valence-electron chi connectivity index (χ0n) is 13.2. The summed E-state index contributed by atoms with van der Waals surface area (Å²) in [6.07, 6.45) is 3.83. The summed E-state index contributed by atoms with van der Waals surface area (Å²) >= 11 is 1.75. The smallest absolute Gasteiger partial charge is 0.223 e. The van der Waals surface area contributed by atoms with E-state index in [4.69, 9.17) is 0 Å². The number of rotatable bonds is 5. The van der Waals surface area contributed by atoms with Crippen LogP contribution in [0.4, 0.5) is 5.95 Å². The average Bonchev–Trinajstić information content (AvgIpc) is 3.06. The van der Waals surface area contributed by atoms with E-state index in [0.717, 1.165) is 25.5 Å². The maximum absolute atomic E-state index is 4.60. The van der Waals surface area contributed by atoms with Crippen molar-refractivity contribution in [2.24, 2.45) is 4.99 Å². The monoisotopic (exact) mass is 315 g/mol. The van der Waals surface area contributed by atoms with Gasteiger partial charge in [-0.15, -0.1) is 11.3 Å². The summed E-state index contributed by atoms with van der Waals surface area (Å²) in [6, 6.07) is 6.18. The van der Waals surface area contributed by atoms with Gasteiger partial charge in [0.15, 0.2) is 0 Å². The molecule has 6 heteroatoms. The minimum absolute atomic E-state index is 0.0406. The molecule has 3 heterocycles. The van der Waals surface area contributed by atoms with Crippen LogP contribution in [0.2, 0.25) is 0 Å². The van der Waals surface area contributed by atoms with Crippen molar-refractivity contribution >= 4 is 23.5 Å². The first kappa shape index (κ1) is 15.1. The van der Waals surface area contributed by atoms with Crippen LogP contribution in [-0.4, -0.2) is 46.4 Å². The molecule has 0 amide bonds. The molecule has 22 heavy (non-hydrogen) atoms. The Labute approximate surface area is 135 Å². The van der Waals surface area contributed by atoms with E-state index in [9.17, 15) is 0 Å². The molecule has 0 spiro atoms. The summed E-state index contributed by atoms with van der Waals surface area (Å²) in [4.78, 5) is 18.0. The highest BCUT2D eigenvalue weighted by atomic mass is 32.1. The fraction of sp³-hybridized carbons (Fsp3) is 0.438. The number of anilines is 1. The van der Waals surface area contributed by atoms with Gasteiger partial charge in [-0.3, -0.25) is 9.89 Å². The quantitative estimate of drug-likeness (QED) is 0.921. The molecular formula is C16H21N5S. The maximum Gasteiger partial charge on any atom is 0.223 e. The van der Waals surface area contributed by atoms with Crippen molar-refractivity contribution in [3.05, 3.63) is 29.3 Å². The standard InChI is InChI=1S/C16H21N5S/c1-12-4-5-14(22-12)13-6-7-18-15(20-13)19-8-9-21-11-17-10-16(21,2)3/h4-7,10H,8-9,11H2,1-3H3,(H,18,19,20). The molecule has 0 saturated carbocycles. The molecule has 0 radical (unpaired) electrons. The minimum Gasteiger partial charge on any atom is -0.353 e. The molecule has 0 bridgehead atoms. The highest BCUT2D eigenvalue weighted by molar-refractivity contribution is 7.15. The molecule has 0 atom stereocenters. The molecule has 2 aromatic rings. The molecule has 0 fully saturated rings. The first-order valence-corrected chi connectivity index (χ1v) is 8.26. The van der Waals surface area contributed by atoms with E-state index in [0.29, 0.717) is 5.95 Å². The second-order valence-corrected chi connectivity index (χ2v) is 7.26. The first-order valence-electron chi connectivity index (χ1n) is 7.44. The zero-order valence-corrected chi connectivity index (χ0v) is 14.0. The Morgan fingerprint density at radius 2 is 2.18 bits per heavy atom. The molecule has 1 N–H and O–H groups in total. The van der Waals surface area contributed by atoms with Crippen molar-refractivity contribution in [3.8, 4) is 10.6 Å². The van der Waals surface area contributed by atoms with Gasteiger partial charge in [0.1, 0.15) is 0 Å². The van der Waals surface area contributed by atoms with Crippen molar-refractivity contribution in [2.75, 3.05) is 25.1 Å². The van der Waals surface area contributed by atoms with Gasteiger partial charge in [-0.05, 0) is 39.0 Å². The second-order valence-electron chi connectivity index (χ2n) is 5.97. The van der Waals surface area contributed by atoms with Crippen molar-refractivity contribution in [1.82, 2.24) is 14.9 Å². The molecule has 0 aromatic carbocycles. The Kier molecular flexibility index (Phi) is 4.22. The lowest BCUT2D eigenvalue weighted by molar-refractivity contribution is 0.216. The van der Waals surface area contributed by atoms with Crippen LogP contribution in [0.25, 0.3) is 10.6 Å². The first-order chi connectivity index (χ1) is 10.5. The highest BCUT2D eigenvalue weighted by Gasteiger charge is 2.27. The molecule has 3 rings (SSSR count). The number of thiophene rings is 1. The Morgan fingerprint density at radius 3 is 2.86 bits per heavy atom. The minimum atomic E-state index is 0.0406. The number of hydrogen-bond acceptors (Lipinski definition) is 6. The summed E-state index contributed by atoms with van der Waals surface area (Å²) < 4.78 is 0. The third-order valence-electron chi connectivity index (χ3n) is 3.79. The van der Waals surface area contributed by atoms with Crippen LogP contribution in [0.15, 0.2) is 29.4 Å². The van der Waals surface area contributed by atoms with Gasteiger partial charge in [-0.1, -0.05) is 0 Å². The highest BCUT2D eigenvalue weighted by Crippen LogP contribution is 2.26. The number of nitrogens with one attached hydrogen (secondary N) is 1. The van der Waals surface area contributed by atoms with Crippen LogP contribution in [0.5, 0.6) is 0 Å². The van der Waals surface area contributed by atoms with Gasteiger partial charge >= 0.3 is 0 Å². The normalized spacial score (nSPS) is 17.0. The van der Waals surface area contributed by atoms with Gasteiger partial charge in [0.25, 0.3) is 0 Å². The van der Waals surface area contributed by atoms with Crippen molar-refractivity contribution in [1.29, 1.82) is 0 Å². The van der Waals surface area contributed by atoms with Gasteiger partial charge in [-0.2, -0.15) is 0 Å². The fourth-order valence-corrected chi connectivity index (χ4v) is 3.28. The van der Waals surface area contributed by atoms with E-state index in [1.165, 1.54) is 9.75 Å². The number of aromatic nitrogens is 2. The van der Waals surface area contributed by atoms with E-state index >= 15 is 0 Å². The predicted octanol–water partition coefficient (Wildman–Crippen LogP) is 3.05. The Balaban J connectivity index is 1.59. The van der Waals surface area contributed by atoms with Gasteiger partial charge in [0.2, 0.25) is 5.95 Å². The van der Waals surface area contributed by atoms with E-state index in [-0.39, 0.29) is 5.54 Å². The largest absolute Gasteiger partial charge is 0.353 e. The Morgan fingerprint density at radius 1 is 1.32 bits per heavy atom. The molecule has 5 nitrogen and oxygen atoms in total. The predicted molar refractivity (Wildman–Crippen MR) is 92.7 cm³/mol. The Hall–Kier alpha value is -1.79. The van der Waals surface area contributed by atoms with Gasteiger partial charge in [-0.25, -0.2) is 9.97 Å². The Bertz CT molecular complexity index is 677. The lowest BCUT2D eigenvalue weighted by Crippen LogP contribution is -2.43. The van der Waals surface area contributed by atoms with Gasteiger partial charge < -0.3 is 5.32 Å². The molecule has 0 unspecified atom stereocenters. The van der Waals surface area contributed by atoms with Crippen molar-refractivity contribution < 1.29 is 0 Å². The number of aryl methyl sites for hydroxylation is 1. The topological polar surface area (TPSA) is 53.4 Å². The summed E-state index contributed by atoms with van der Waals surface area (Å²) in [5.74, 6) is 0.682. The maximum atomic E-state index is 4.60. The number of hydrogen-bond donors (Lipinski definition) is 1. The summed E-state index contributed by atoms with van der Waals surface area (Å²) in [5, 5.41) is 3.31. The molecule has 2 aromatic heterocycles. The molecular weight excluding hydrogens is 294 g/mol. The van der Waals surface area contributed by atoms with Crippen LogP contribution in [0, 0.1) is 6.92 Å². The third kappa shape index (κ3) is 3.34. The van der Waals surface area contributed by atoms with Crippen LogP contribution < -0.4 is 5.32 Å². The SMILES string of the molecule is Cc1ccc(-c2ccnc(NCCN3CN=CC3(C)C)n2)s1. The van der Waals surface area contributed by atoms with Crippen LogP contribution in [-0.2, 0) is 0 Å². The van der Waals surface area contributed by atoms with Crippen LogP contribution >= 0.6 is 11.3 Å². The molecule has 0 saturated heterocycles. The fourth-order valence-electron chi connectivity index (χ4n) is 2.44. The summed E-state index contributed by atoms with van der Waals surface area (Å²) in [5.41, 5.74) is 1.01. The molecule has 0 aliphatic carbocycles. The van der Waals surface area contributed by atoms with E-state index in [2.05, 4.69) is 58.1 Å². The molecule has 116 valence electrons. The van der Waals surface area contributed by atoms with Crippen LogP contribution in [0.3, 0.4) is 0 Å². The second kappa shape index (κ2) is 6.14. The number of aliphatic imine (C=N–C) groups is 1. The van der Waals surface area contributed by atoms with Crippen molar-refractivity contribution in [3.63, 3.8) is 0 Å². The average molecular weight is 315 g/mol. The van der Waals surface area contributed by atoms with E-state index in [1.807, 2.05) is 18.5 Å². The van der Waals surface area contributed by atoms with Crippen molar-refractivity contribution in [2.45, 2.75) is 26.3 Å². The summed E-state index contributed by atoms with van der Waals surface area (Å²) in [6.45, 7) is 8.95. The zero-order chi connectivity index (χ0) is 15.6. The van der Waals surface area contributed by atoms with Gasteiger partial charge in [0, 0.05) is 30.4 Å². The van der Waals surface area contributed by atoms with E-state index in [1.54, 1.807) is 11.3 Å². The van der Waals surface area contributed by atoms with Crippen LogP contribution in [0.1, 0.15) is 18.7 Å². The lowest BCUT2D eigenvalue weighted by Gasteiger charge is -2.29. The summed E-state index contributed by atoms with van der Waals surface area (Å²) in [7, 11) is 0. The lowest BCUT2D eigenvalue weighted by atomic mass is 10.1. The van der Waals surface area contributed by atoms with Gasteiger partial charge in [0.05, 0.1) is 22.8 Å².